The smallest absolute Gasteiger partial charge is 0.255 e. The second-order valence-corrected chi connectivity index (χ2v) is 4.73. The average molecular weight is 264 g/mol. The molecular formula is C14H20N2O3. The minimum Gasteiger partial charge on any atom is -0.378 e. The highest BCUT2D eigenvalue weighted by Gasteiger charge is 2.24. The Morgan fingerprint density at radius 1 is 1.53 bits per heavy atom. The molecule has 0 aromatic heterocycles. The van der Waals surface area contributed by atoms with Crippen molar-refractivity contribution >= 4 is 5.91 Å². The van der Waals surface area contributed by atoms with Crippen molar-refractivity contribution < 1.29 is 14.6 Å². The van der Waals surface area contributed by atoms with E-state index in [2.05, 4.69) is 5.32 Å². The van der Waals surface area contributed by atoms with Crippen LogP contribution in [-0.4, -0.2) is 55.3 Å². The Morgan fingerprint density at radius 3 is 2.89 bits per heavy atom. The predicted octanol–water partition coefficient (Wildman–Crippen LogP) is 0.167. The van der Waals surface area contributed by atoms with Gasteiger partial charge in [0.25, 0.3) is 5.91 Å². The number of aliphatic hydroxyl groups excluding tert-OH is 1. The summed E-state index contributed by atoms with van der Waals surface area (Å²) < 4.78 is 5.55. The molecule has 2 unspecified atom stereocenters. The fourth-order valence-corrected chi connectivity index (χ4v) is 2.12. The van der Waals surface area contributed by atoms with Crippen molar-refractivity contribution in [3.05, 3.63) is 35.9 Å². The Kier molecular flexibility index (Phi) is 4.90. The van der Waals surface area contributed by atoms with E-state index in [9.17, 15) is 9.90 Å². The topological polar surface area (TPSA) is 61.8 Å². The molecular weight excluding hydrogens is 244 g/mol. The van der Waals surface area contributed by atoms with Crippen LogP contribution in [0.25, 0.3) is 0 Å². The molecule has 1 saturated heterocycles. The number of likely N-dealkylation sites (N-methyl/N-ethyl adjacent to an activating group) is 1. The van der Waals surface area contributed by atoms with Gasteiger partial charge >= 0.3 is 0 Å². The summed E-state index contributed by atoms with van der Waals surface area (Å²) in [6.45, 7) is 2.73. The number of aliphatic hydroxyl groups is 1. The highest BCUT2D eigenvalue weighted by Crippen LogP contribution is 2.15. The summed E-state index contributed by atoms with van der Waals surface area (Å²) in [5.41, 5.74) is 0.613. The van der Waals surface area contributed by atoms with Crippen LogP contribution in [0.2, 0.25) is 0 Å². The Morgan fingerprint density at radius 2 is 2.26 bits per heavy atom. The van der Waals surface area contributed by atoms with E-state index in [0.717, 1.165) is 13.1 Å². The molecule has 2 atom stereocenters. The molecule has 1 amide bonds. The molecule has 1 aliphatic rings. The van der Waals surface area contributed by atoms with Crippen molar-refractivity contribution in [1.29, 1.82) is 0 Å². The Balaban J connectivity index is 1.91. The van der Waals surface area contributed by atoms with Gasteiger partial charge in [0.1, 0.15) is 0 Å². The van der Waals surface area contributed by atoms with Gasteiger partial charge in [-0.25, -0.2) is 0 Å². The van der Waals surface area contributed by atoms with Crippen molar-refractivity contribution in [3.8, 4) is 0 Å². The van der Waals surface area contributed by atoms with E-state index in [1.54, 1.807) is 31.3 Å². The summed E-state index contributed by atoms with van der Waals surface area (Å²) in [5.74, 6) is -0.305. The van der Waals surface area contributed by atoms with E-state index in [1.807, 2.05) is 6.07 Å². The lowest BCUT2D eigenvalue weighted by atomic mass is 10.1. The summed E-state index contributed by atoms with van der Waals surface area (Å²) in [6, 6.07) is 8.95. The normalized spacial score (nSPS) is 20.8. The minimum absolute atomic E-state index is 0.00864. The highest BCUT2D eigenvalue weighted by atomic mass is 16.5. The number of carbonyl (C=O) groups excluding carboxylic acids is 1. The monoisotopic (exact) mass is 264 g/mol. The molecule has 0 aliphatic carbocycles. The molecule has 1 aromatic rings. The second kappa shape index (κ2) is 6.65. The second-order valence-electron chi connectivity index (χ2n) is 4.73. The maximum atomic E-state index is 12.1. The number of amides is 1. The average Bonchev–Trinajstić information content (AvgIpc) is 2.47. The number of rotatable bonds is 4. The van der Waals surface area contributed by atoms with Gasteiger partial charge in [-0.1, -0.05) is 30.3 Å². The maximum absolute atomic E-state index is 12.1. The Hall–Kier alpha value is -1.43. The van der Waals surface area contributed by atoms with Crippen molar-refractivity contribution in [1.82, 2.24) is 10.2 Å². The summed E-state index contributed by atoms with van der Waals surface area (Å²) >= 11 is 0. The van der Waals surface area contributed by atoms with Crippen LogP contribution in [0.5, 0.6) is 0 Å². The van der Waals surface area contributed by atoms with Crippen LogP contribution >= 0.6 is 0 Å². The molecule has 104 valence electrons. The van der Waals surface area contributed by atoms with Gasteiger partial charge in [-0.3, -0.25) is 4.79 Å². The van der Waals surface area contributed by atoms with Gasteiger partial charge in [0.15, 0.2) is 6.10 Å². The molecule has 1 fully saturated rings. The zero-order valence-electron chi connectivity index (χ0n) is 11.1. The van der Waals surface area contributed by atoms with E-state index in [1.165, 1.54) is 4.90 Å². The van der Waals surface area contributed by atoms with Crippen molar-refractivity contribution in [2.24, 2.45) is 0 Å². The molecule has 2 rings (SSSR count). The molecule has 0 radical (unpaired) electrons. The minimum atomic E-state index is -1.11. The van der Waals surface area contributed by atoms with Crippen LogP contribution in [0.3, 0.4) is 0 Å². The third kappa shape index (κ3) is 3.76. The number of ether oxygens (including phenoxy) is 1. The van der Waals surface area contributed by atoms with E-state index in [4.69, 9.17) is 4.74 Å². The first-order valence-corrected chi connectivity index (χ1v) is 6.49. The summed E-state index contributed by atoms with van der Waals surface area (Å²) in [4.78, 5) is 13.6. The zero-order chi connectivity index (χ0) is 13.7. The number of morpholine rings is 1. The molecule has 2 N–H and O–H groups in total. The fraction of sp³-hybridized carbons (Fsp3) is 0.500. The summed E-state index contributed by atoms with van der Waals surface area (Å²) in [7, 11) is 1.69. The van der Waals surface area contributed by atoms with E-state index in [-0.39, 0.29) is 12.0 Å². The lowest BCUT2D eigenvalue weighted by Crippen LogP contribution is -2.46. The molecule has 0 saturated carbocycles. The lowest BCUT2D eigenvalue weighted by molar-refractivity contribution is -0.141. The summed E-state index contributed by atoms with van der Waals surface area (Å²) in [6.07, 6.45) is -1.12. The SMILES string of the molecule is CN(CC1CNCCO1)C(=O)C(O)c1ccccc1. The third-order valence-corrected chi connectivity index (χ3v) is 3.21. The lowest BCUT2D eigenvalue weighted by Gasteiger charge is -2.29. The van der Waals surface area contributed by atoms with Crippen molar-refractivity contribution in [3.63, 3.8) is 0 Å². The van der Waals surface area contributed by atoms with Gasteiger partial charge < -0.3 is 20.1 Å². The van der Waals surface area contributed by atoms with E-state index in [0.29, 0.717) is 18.7 Å². The summed E-state index contributed by atoms with van der Waals surface area (Å²) in [5, 5.41) is 13.3. The van der Waals surface area contributed by atoms with E-state index >= 15 is 0 Å². The van der Waals surface area contributed by atoms with Crippen LogP contribution in [0.1, 0.15) is 11.7 Å². The van der Waals surface area contributed by atoms with Gasteiger partial charge in [0, 0.05) is 26.7 Å². The molecule has 1 aliphatic heterocycles. The number of nitrogens with one attached hydrogen (secondary N) is 1. The molecule has 0 spiro atoms. The first-order chi connectivity index (χ1) is 9.18. The molecule has 1 heterocycles. The zero-order valence-corrected chi connectivity index (χ0v) is 11.1. The van der Waals surface area contributed by atoms with Gasteiger partial charge in [-0.05, 0) is 5.56 Å². The molecule has 19 heavy (non-hydrogen) atoms. The number of nitrogens with zero attached hydrogens (tertiary/aromatic N) is 1. The molecule has 5 nitrogen and oxygen atoms in total. The van der Waals surface area contributed by atoms with Gasteiger partial charge in [0.2, 0.25) is 0 Å². The van der Waals surface area contributed by atoms with E-state index < -0.39 is 6.10 Å². The number of carbonyl (C=O) groups is 1. The third-order valence-electron chi connectivity index (χ3n) is 3.21. The van der Waals surface area contributed by atoms with Crippen LogP contribution in [0.15, 0.2) is 30.3 Å². The molecule has 5 heteroatoms. The predicted molar refractivity (Wildman–Crippen MR) is 71.6 cm³/mol. The largest absolute Gasteiger partial charge is 0.378 e. The van der Waals surface area contributed by atoms with Crippen LogP contribution < -0.4 is 5.32 Å². The van der Waals surface area contributed by atoms with Crippen LogP contribution in [0.4, 0.5) is 0 Å². The van der Waals surface area contributed by atoms with Gasteiger partial charge in [-0.2, -0.15) is 0 Å². The van der Waals surface area contributed by atoms with Gasteiger partial charge in [-0.15, -0.1) is 0 Å². The fourth-order valence-electron chi connectivity index (χ4n) is 2.12. The maximum Gasteiger partial charge on any atom is 0.255 e. The molecule has 1 aromatic carbocycles. The van der Waals surface area contributed by atoms with Crippen molar-refractivity contribution in [2.45, 2.75) is 12.2 Å². The molecule has 0 bridgehead atoms. The van der Waals surface area contributed by atoms with Crippen LogP contribution in [-0.2, 0) is 9.53 Å². The first kappa shape index (κ1) is 14.0. The van der Waals surface area contributed by atoms with Crippen molar-refractivity contribution in [2.75, 3.05) is 33.3 Å². The number of hydrogen-bond acceptors (Lipinski definition) is 4. The highest BCUT2D eigenvalue weighted by molar-refractivity contribution is 5.81. The standard InChI is InChI=1S/C14H20N2O3/c1-16(10-12-9-15-7-8-19-12)14(18)13(17)11-5-3-2-4-6-11/h2-6,12-13,15,17H,7-10H2,1H3. The Labute approximate surface area is 113 Å². The Bertz CT molecular complexity index is 404. The number of hydrogen-bond donors (Lipinski definition) is 2. The van der Waals surface area contributed by atoms with Crippen LogP contribution in [0, 0.1) is 0 Å². The van der Waals surface area contributed by atoms with Gasteiger partial charge in [0.05, 0.1) is 12.7 Å². The number of benzene rings is 1. The first-order valence-electron chi connectivity index (χ1n) is 6.49. The quantitative estimate of drug-likeness (QED) is 0.813.